The molecule has 0 spiro atoms. The number of nitrogens with zero attached hydrogens (tertiary/aromatic N) is 1. The second-order valence-corrected chi connectivity index (χ2v) is 6.03. The summed E-state index contributed by atoms with van der Waals surface area (Å²) in [7, 11) is 0. The average Bonchev–Trinajstić information content (AvgIpc) is 2.86. The van der Waals surface area contributed by atoms with Crippen LogP contribution in [0.2, 0.25) is 0 Å². The molecular weight excluding hydrogens is 254 g/mol. The van der Waals surface area contributed by atoms with Crippen molar-refractivity contribution < 1.29 is 14.7 Å². The van der Waals surface area contributed by atoms with Crippen LogP contribution in [0.5, 0.6) is 0 Å². The van der Waals surface area contributed by atoms with Crippen LogP contribution in [0.3, 0.4) is 0 Å². The third-order valence-electron chi connectivity index (χ3n) is 3.18. The first-order valence-corrected chi connectivity index (χ1v) is 6.81. The van der Waals surface area contributed by atoms with Crippen molar-refractivity contribution in [2.45, 2.75) is 44.8 Å². The summed E-state index contributed by atoms with van der Waals surface area (Å²) in [5.74, 6) is 0.221. The van der Waals surface area contributed by atoms with E-state index in [1.165, 1.54) is 5.56 Å². The maximum atomic E-state index is 11.8. The molecule has 0 fully saturated rings. The molecule has 1 aromatic carbocycles. The second-order valence-electron chi connectivity index (χ2n) is 6.03. The van der Waals surface area contributed by atoms with Crippen molar-refractivity contribution in [2.24, 2.45) is 0 Å². The van der Waals surface area contributed by atoms with Gasteiger partial charge in [0.05, 0.1) is 6.04 Å². The highest BCUT2D eigenvalue weighted by Gasteiger charge is 2.30. The van der Waals surface area contributed by atoms with Crippen molar-refractivity contribution in [3.8, 4) is 0 Å². The zero-order valence-electron chi connectivity index (χ0n) is 12.1. The van der Waals surface area contributed by atoms with Gasteiger partial charge >= 0.3 is 6.09 Å². The molecule has 0 aromatic heterocycles. The van der Waals surface area contributed by atoms with Crippen molar-refractivity contribution in [3.05, 3.63) is 48.0 Å². The smallest absolute Gasteiger partial charge is 0.434 e. The second kappa shape index (κ2) is 5.67. The van der Waals surface area contributed by atoms with E-state index in [2.05, 4.69) is 0 Å². The fourth-order valence-corrected chi connectivity index (χ4v) is 2.25. The van der Waals surface area contributed by atoms with Crippen LogP contribution < -0.4 is 0 Å². The van der Waals surface area contributed by atoms with Crippen molar-refractivity contribution in [3.63, 3.8) is 0 Å². The molecule has 2 rings (SSSR count). The summed E-state index contributed by atoms with van der Waals surface area (Å²) in [6.45, 7) is 5.32. The molecule has 1 N–H and O–H groups in total. The van der Waals surface area contributed by atoms with Crippen LogP contribution in [0.1, 0.15) is 38.7 Å². The van der Waals surface area contributed by atoms with E-state index < -0.39 is 11.7 Å². The molecule has 1 aromatic rings. The minimum Gasteiger partial charge on any atom is -0.442 e. The maximum absolute atomic E-state index is 11.8. The molecule has 1 aliphatic rings. The summed E-state index contributed by atoms with van der Waals surface area (Å²) < 4.78 is 5.16. The van der Waals surface area contributed by atoms with E-state index in [-0.39, 0.29) is 12.0 Å². The zero-order valence-corrected chi connectivity index (χ0v) is 12.1. The van der Waals surface area contributed by atoms with Gasteiger partial charge in [0.25, 0.3) is 0 Å². The van der Waals surface area contributed by atoms with E-state index >= 15 is 0 Å². The molecule has 2 atom stereocenters. The number of hydroxylamine groups is 2. The molecule has 0 bridgehead atoms. The van der Waals surface area contributed by atoms with Gasteiger partial charge in [-0.25, -0.2) is 4.79 Å². The lowest BCUT2D eigenvalue weighted by atomic mass is 9.98. The largest absolute Gasteiger partial charge is 0.442 e. The number of hydrogen-bond acceptors (Lipinski definition) is 3. The first-order valence-electron chi connectivity index (χ1n) is 6.81. The van der Waals surface area contributed by atoms with E-state index in [0.717, 1.165) is 0 Å². The molecule has 0 saturated heterocycles. The van der Waals surface area contributed by atoms with Crippen molar-refractivity contribution in [1.29, 1.82) is 0 Å². The Hall–Kier alpha value is -1.81. The number of hydrogen-bond donors (Lipinski definition) is 1. The van der Waals surface area contributed by atoms with Crippen molar-refractivity contribution >= 4 is 6.09 Å². The van der Waals surface area contributed by atoms with Crippen molar-refractivity contribution in [1.82, 2.24) is 5.06 Å². The van der Waals surface area contributed by atoms with Gasteiger partial charge in [-0.1, -0.05) is 42.5 Å². The average molecular weight is 275 g/mol. The van der Waals surface area contributed by atoms with Gasteiger partial charge < -0.3 is 4.74 Å². The fourth-order valence-electron chi connectivity index (χ4n) is 2.25. The topological polar surface area (TPSA) is 49.8 Å². The molecule has 4 heteroatoms. The van der Waals surface area contributed by atoms with E-state index in [9.17, 15) is 10.0 Å². The molecule has 108 valence electrons. The van der Waals surface area contributed by atoms with Crippen LogP contribution in [-0.4, -0.2) is 28.0 Å². The van der Waals surface area contributed by atoms with Crippen LogP contribution in [0.4, 0.5) is 4.79 Å². The Morgan fingerprint density at radius 3 is 2.50 bits per heavy atom. The van der Waals surface area contributed by atoms with Gasteiger partial charge in [-0.15, -0.1) is 0 Å². The fraction of sp³-hybridized carbons (Fsp3) is 0.438. The standard InChI is InChI=1S/C16H21NO3/c1-16(2,3)20-15(18)17(19)14-10-9-13(11-14)12-7-5-4-6-8-12/h4-10,13-14,19H,11H2,1-3H3/t13-,14-/m0/s1. The van der Waals surface area contributed by atoms with Gasteiger partial charge in [0.1, 0.15) is 5.60 Å². The summed E-state index contributed by atoms with van der Waals surface area (Å²) in [6, 6.07) is 9.70. The van der Waals surface area contributed by atoms with E-state index in [1.807, 2.05) is 42.5 Å². The van der Waals surface area contributed by atoms with Crippen LogP contribution >= 0.6 is 0 Å². The maximum Gasteiger partial charge on any atom is 0.434 e. The molecule has 4 nitrogen and oxygen atoms in total. The predicted molar refractivity (Wildman–Crippen MR) is 76.6 cm³/mol. The number of carbonyl (C=O) groups is 1. The van der Waals surface area contributed by atoms with Crippen LogP contribution in [-0.2, 0) is 4.74 Å². The molecule has 20 heavy (non-hydrogen) atoms. The van der Waals surface area contributed by atoms with Gasteiger partial charge in [-0.2, -0.15) is 5.06 Å². The Morgan fingerprint density at radius 1 is 1.25 bits per heavy atom. The monoisotopic (exact) mass is 275 g/mol. The SMILES string of the molecule is CC(C)(C)OC(=O)N(O)[C@H]1C=C[C@H](c2ccccc2)C1. The first kappa shape index (κ1) is 14.6. The Balaban J connectivity index is 1.96. The normalized spacial score (nSPS) is 21.8. The lowest BCUT2D eigenvalue weighted by Gasteiger charge is -2.26. The predicted octanol–water partition coefficient (Wildman–Crippen LogP) is 3.73. The summed E-state index contributed by atoms with van der Waals surface area (Å²) in [5, 5.41) is 10.6. The van der Waals surface area contributed by atoms with E-state index in [4.69, 9.17) is 4.74 Å². The highest BCUT2D eigenvalue weighted by molar-refractivity contribution is 5.67. The minimum absolute atomic E-state index is 0.221. The summed E-state index contributed by atoms with van der Waals surface area (Å²) in [6.07, 6.45) is 3.83. The van der Waals surface area contributed by atoms with Gasteiger partial charge in [0.2, 0.25) is 0 Å². The van der Waals surface area contributed by atoms with Crippen LogP contribution in [0, 0.1) is 0 Å². The number of benzene rings is 1. The molecule has 0 aliphatic heterocycles. The molecule has 0 unspecified atom stereocenters. The number of rotatable bonds is 2. The first-order chi connectivity index (χ1) is 9.37. The molecule has 0 radical (unpaired) electrons. The third kappa shape index (κ3) is 3.61. The highest BCUT2D eigenvalue weighted by atomic mass is 16.6. The van der Waals surface area contributed by atoms with Crippen molar-refractivity contribution in [2.75, 3.05) is 0 Å². The Bertz CT molecular complexity index is 490. The summed E-state index contributed by atoms with van der Waals surface area (Å²) >= 11 is 0. The Labute approximate surface area is 119 Å². The third-order valence-corrected chi connectivity index (χ3v) is 3.18. The Morgan fingerprint density at radius 2 is 1.90 bits per heavy atom. The zero-order chi connectivity index (χ0) is 14.8. The van der Waals surface area contributed by atoms with Gasteiger partial charge in [0.15, 0.2) is 0 Å². The lowest BCUT2D eigenvalue weighted by Crippen LogP contribution is -2.39. The molecule has 0 saturated carbocycles. The molecule has 1 amide bonds. The summed E-state index contributed by atoms with van der Waals surface area (Å²) in [5.41, 5.74) is 0.572. The number of ether oxygens (including phenoxy) is 1. The van der Waals surface area contributed by atoms with Crippen LogP contribution in [0.15, 0.2) is 42.5 Å². The number of allylic oxidation sites excluding steroid dienone is 1. The lowest BCUT2D eigenvalue weighted by molar-refractivity contribution is -0.110. The molecule has 0 heterocycles. The number of carbonyl (C=O) groups excluding carboxylic acids is 1. The van der Waals surface area contributed by atoms with Gasteiger partial charge in [0, 0.05) is 5.92 Å². The van der Waals surface area contributed by atoms with E-state index in [1.54, 1.807) is 20.8 Å². The molecule has 1 aliphatic carbocycles. The van der Waals surface area contributed by atoms with Crippen LogP contribution in [0.25, 0.3) is 0 Å². The summed E-state index contributed by atoms with van der Waals surface area (Å²) in [4.78, 5) is 11.8. The highest BCUT2D eigenvalue weighted by Crippen LogP contribution is 2.30. The number of amides is 1. The molecular formula is C16H21NO3. The quantitative estimate of drug-likeness (QED) is 0.508. The van der Waals surface area contributed by atoms with E-state index in [0.29, 0.717) is 11.5 Å². The van der Waals surface area contributed by atoms with Gasteiger partial charge in [-0.3, -0.25) is 5.21 Å². The van der Waals surface area contributed by atoms with Gasteiger partial charge in [-0.05, 0) is 32.8 Å². The Kier molecular flexibility index (Phi) is 4.14. The minimum atomic E-state index is -0.708.